The first-order valence-corrected chi connectivity index (χ1v) is 11.2. The highest BCUT2D eigenvalue weighted by Crippen LogP contribution is 2.28. The monoisotopic (exact) mass is 402 g/mol. The molecule has 0 spiro atoms. The van der Waals surface area contributed by atoms with Crippen molar-refractivity contribution in [2.24, 2.45) is 0 Å². The van der Waals surface area contributed by atoms with Crippen molar-refractivity contribution >= 4 is 42.4 Å². The van der Waals surface area contributed by atoms with Crippen molar-refractivity contribution in [3.63, 3.8) is 0 Å². The van der Waals surface area contributed by atoms with E-state index in [2.05, 4.69) is 16.4 Å². The molecule has 0 aliphatic rings. The minimum Gasteiger partial charge on any atom is -0.302 e. The van der Waals surface area contributed by atoms with Crippen molar-refractivity contribution in [3.8, 4) is 0 Å². The zero-order chi connectivity index (χ0) is 19.6. The summed E-state index contributed by atoms with van der Waals surface area (Å²) in [4.78, 5) is 16.9. The van der Waals surface area contributed by atoms with E-state index in [0.717, 1.165) is 21.3 Å². The van der Waals surface area contributed by atoms with Gasteiger partial charge in [0, 0.05) is 6.42 Å². The number of sulfone groups is 1. The van der Waals surface area contributed by atoms with Gasteiger partial charge >= 0.3 is 0 Å². The fourth-order valence-corrected chi connectivity index (χ4v) is 4.97. The molecule has 0 atom stereocenters. The maximum Gasteiger partial charge on any atom is 0.226 e. The Bertz CT molecular complexity index is 1050. The van der Waals surface area contributed by atoms with Crippen molar-refractivity contribution in [1.82, 2.24) is 4.98 Å². The zero-order valence-electron chi connectivity index (χ0n) is 15.6. The predicted octanol–water partition coefficient (Wildman–Crippen LogP) is 4.41. The smallest absolute Gasteiger partial charge is 0.226 e. The molecule has 142 valence electrons. The summed E-state index contributed by atoms with van der Waals surface area (Å²) in [6, 6.07) is 10.8. The van der Waals surface area contributed by atoms with Crippen LogP contribution in [0.2, 0.25) is 0 Å². The van der Waals surface area contributed by atoms with Crippen LogP contribution in [0.25, 0.3) is 10.2 Å². The molecule has 1 N–H and O–H groups in total. The van der Waals surface area contributed by atoms with Crippen LogP contribution in [0.3, 0.4) is 0 Å². The maximum absolute atomic E-state index is 12.3. The molecule has 0 radical (unpaired) electrons. The molecule has 0 saturated heterocycles. The minimum absolute atomic E-state index is 0.0539. The SMILES string of the molecule is Cc1ccc(S(=O)(=O)CCCC(=O)Nc2nc3cc(C)c(C)cc3s2)cc1. The van der Waals surface area contributed by atoms with Gasteiger partial charge in [-0.05, 0) is 62.6 Å². The van der Waals surface area contributed by atoms with Crippen LogP contribution in [-0.2, 0) is 14.6 Å². The average Bonchev–Trinajstić information content (AvgIpc) is 2.96. The summed E-state index contributed by atoms with van der Waals surface area (Å²) < 4.78 is 25.7. The zero-order valence-corrected chi connectivity index (χ0v) is 17.2. The highest BCUT2D eigenvalue weighted by molar-refractivity contribution is 7.91. The Morgan fingerprint density at radius 1 is 1.07 bits per heavy atom. The quantitative estimate of drug-likeness (QED) is 0.662. The molecule has 27 heavy (non-hydrogen) atoms. The van der Waals surface area contributed by atoms with E-state index in [1.54, 1.807) is 24.3 Å². The van der Waals surface area contributed by atoms with Gasteiger partial charge in [0.15, 0.2) is 15.0 Å². The molecule has 1 heterocycles. The van der Waals surface area contributed by atoms with E-state index in [1.165, 1.54) is 16.9 Å². The second-order valence-electron chi connectivity index (χ2n) is 6.71. The number of nitrogens with zero attached hydrogens (tertiary/aromatic N) is 1. The van der Waals surface area contributed by atoms with Crippen LogP contribution in [0.5, 0.6) is 0 Å². The van der Waals surface area contributed by atoms with Crippen LogP contribution in [0, 0.1) is 20.8 Å². The van der Waals surface area contributed by atoms with Gasteiger partial charge < -0.3 is 5.32 Å². The molecule has 3 rings (SSSR count). The van der Waals surface area contributed by atoms with Crippen molar-refractivity contribution in [1.29, 1.82) is 0 Å². The minimum atomic E-state index is -3.37. The van der Waals surface area contributed by atoms with Gasteiger partial charge in [0.1, 0.15) is 0 Å². The number of carbonyl (C=O) groups is 1. The molecule has 0 saturated carbocycles. The topological polar surface area (TPSA) is 76.1 Å². The van der Waals surface area contributed by atoms with Crippen LogP contribution in [0.4, 0.5) is 5.13 Å². The Kier molecular flexibility index (Phi) is 5.62. The number of anilines is 1. The number of benzene rings is 2. The van der Waals surface area contributed by atoms with Crippen LogP contribution < -0.4 is 5.32 Å². The molecule has 2 aromatic carbocycles. The van der Waals surface area contributed by atoms with Crippen molar-refractivity contribution in [2.75, 3.05) is 11.1 Å². The first kappa shape index (κ1) is 19.5. The molecule has 0 fully saturated rings. The molecule has 0 unspecified atom stereocenters. The summed E-state index contributed by atoms with van der Waals surface area (Å²) in [6.45, 7) is 5.98. The van der Waals surface area contributed by atoms with Crippen LogP contribution >= 0.6 is 11.3 Å². The van der Waals surface area contributed by atoms with Gasteiger partial charge in [0.05, 0.1) is 20.9 Å². The van der Waals surface area contributed by atoms with Crippen molar-refractivity contribution in [2.45, 2.75) is 38.5 Å². The van der Waals surface area contributed by atoms with Gasteiger partial charge in [0.25, 0.3) is 0 Å². The Balaban J connectivity index is 1.57. The number of thiazole rings is 1. The van der Waals surface area contributed by atoms with E-state index in [9.17, 15) is 13.2 Å². The molecular formula is C20H22N2O3S2. The van der Waals surface area contributed by atoms with Crippen LogP contribution in [-0.4, -0.2) is 25.1 Å². The number of nitrogens with one attached hydrogen (secondary N) is 1. The van der Waals surface area contributed by atoms with Gasteiger partial charge in [-0.3, -0.25) is 4.79 Å². The Hall–Kier alpha value is -2.25. The predicted molar refractivity (Wildman–Crippen MR) is 110 cm³/mol. The number of amides is 1. The molecule has 0 aliphatic carbocycles. The van der Waals surface area contributed by atoms with Crippen molar-refractivity contribution < 1.29 is 13.2 Å². The number of aryl methyl sites for hydroxylation is 3. The fourth-order valence-electron chi connectivity index (χ4n) is 2.70. The number of carbonyl (C=O) groups excluding carboxylic acids is 1. The van der Waals surface area contributed by atoms with Crippen LogP contribution in [0.1, 0.15) is 29.5 Å². The van der Waals surface area contributed by atoms with Gasteiger partial charge in [-0.15, -0.1) is 0 Å². The molecule has 3 aromatic rings. The van der Waals surface area contributed by atoms with Crippen LogP contribution in [0.15, 0.2) is 41.3 Å². The number of hydrogen-bond acceptors (Lipinski definition) is 5. The standard InChI is InChI=1S/C20H22N2O3S2/c1-13-6-8-16(9-7-13)27(24,25)10-4-5-19(23)22-20-21-17-11-14(2)15(3)12-18(17)26-20/h6-9,11-12H,4-5,10H2,1-3H3,(H,21,22,23). The second-order valence-corrected chi connectivity index (χ2v) is 9.85. The van der Waals surface area contributed by atoms with Crippen molar-refractivity contribution in [3.05, 3.63) is 53.1 Å². The molecular weight excluding hydrogens is 380 g/mol. The lowest BCUT2D eigenvalue weighted by atomic mass is 10.1. The average molecular weight is 403 g/mol. The second kappa shape index (κ2) is 7.78. The van der Waals surface area contributed by atoms with E-state index in [1.807, 2.05) is 26.8 Å². The molecule has 7 heteroatoms. The normalized spacial score (nSPS) is 11.7. The van der Waals surface area contributed by atoms with E-state index in [0.29, 0.717) is 10.0 Å². The van der Waals surface area contributed by atoms with E-state index in [4.69, 9.17) is 0 Å². The van der Waals surface area contributed by atoms with E-state index in [-0.39, 0.29) is 24.5 Å². The maximum atomic E-state index is 12.3. The third-order valence-corrected chi connectivity index (χ3v) is 7.20. The highest BCUT2D eigenvalue weighted by Gasteiger charge is 2.15. The largest absolute Gasteiger partial charge is 0.302 e. The summed E-state index contributed by atoms with van der Waals surface area (Å²) in [7, 11) is -3.37. The lowest BCUT2D eigenvalue weighted by molar-refractivity contribution is -0.116. The summed E-state index contributed by atoms with van der Waals surface area (Å²) in [5.74, 6) is -0.275. The number of fused-ring (bicyclic) bond motifs is 1. The van der Waals surface area contributed by atoms with Gasteiger partial charge in [-0.25, -0.2) is 13.4 Å². The first-order chi connectivity index (χ1) is 12.7. The molecule has 5 nitrogen and oxygen atoms in total. The fraction of sp³-hybridized carbons (Fsp3) is 0.300. The lowest BCUT2D eigenvalue weighted by Gasteiger charge is -2.05. The summed E-state index contributed by atoms with van der Waals surface area (Å²) in [6.07, 6.45) is 0.407. The Morgan fingerprint density at radius 2 is 1.74 bits per heavy atom. The van der Waals surface area contributed by atoms with Gasteiger partial charge in [0.2, 0.25) is 5.91 Å². The molecule has 0 bridgehead atoms. The van der Waals surface area contributed by atoms with Gasteiger partial charge in [-0.2, -0.15) is 0 Å². The highest BCUT2D eigenvalue weighted by atomic mass is 32.2. The molecule has 1 amide bonds. The third-order valence-electron chi connectivity index (χ3n) is 4.45. The number of aromatic nitrogens is 1. The number of hydrogen-bond donors (Lipinski definition) is 1. The Morgan fingerprint density at radius 3 is 2.44 bits per heavy atom. The molecule has 1 aromatic heterocycles. The van der Waals surface area contributed by atoms with E-state index < -0.39 is 9.84 Å². The summed E-state index contributed by atoms with van der Waals surface area (Å²) in [5.41, 5.74) is 4.22. The lowest BCUT2D eigenvalue weighted by Crippen LogP contribution is -2.14. The van der Waals surface area contributed by atoms with E-state index >= 15 is 0 Å². The summed E-state index contributed by atoms with van der Waals surface area (Å²) >= 11 is 1.42. The third kappa shape index (κ3) is 4.73. The summed E-state index contributed by atoms with van der Waals surface area (Å²) in [5, 5.41) is 3.32. The van der Waals surface area contributed by atoms with Gasteiger partial charge in [-0.1, -0.05) is 29.0 Å². The molecule has 0 aliphatic heterocycles. The number of rotatable bonds is 6. The Labute approximate surface area is 163 Å². The first-order valence-electron chi connectivity index (χ1n) is 8.72.